The molecule has 0 spiro atoms. The highest BCUT2D eigenvalue weighted by atomic mass is 127. The van der Waals surface area contributed by atoms with E-state index in [0.29, 0.717) is 18.6 Å². The second-order valence-corrected chi connectivity index (χ2v) is 8.44. The van der Waals surface area contributed by atoms with Crippen LogP contribution in [0.15, 0.2) is 59.6 Å². The summed E-state index contributed by atoms with van der Waals surface area (Å²) in [5, 5.41) is 6.99. The molecule has 1 aliphatic rings. The first-order valence-electron chi connectivity index (χ1n) is 11.7. The molecule has 0 aliphatic carbocycles. The fourth-order valence-electron chi connectivity index (χ4n) is 4.27. The average Bonchev–Trinajstić information content (AvgIpc) is 3.16. The average molecular weight is 564 g/mol. The molecule has 6 nitrogen and oxygen atoms in total. The molecular weight excluding hydrogens is 525 g/mol. The second-order valence-electron chi connectivity index (χ2n) is 8.44. The van der Waals surface area contributed by atoms with Gasteiger partial charge < -0.3 is 15.5 Å². The van der Waals surface area contributed by atoms with Crippen LogP contribution in [-0.2, 0) is 13.1 Å². The molecule has 0 bridgehead atoms. The van der Waals surface area contributed by atoms with Gasteiger partial charge in [-0.2, -0.15) is 0 Å². The number of carbonyl (C=O) groups is 1. The minimum Gasteiger partial charge on any atom is -0.352 e. The molecule has 0 aromatic heterocycles. The Kier molecular flexibility index (Phi) is 11.1. The number of likely N-dealkylation sites (tertiary alicyclic amines) is 1. The summed E-state index contributed by atoms with van der Waals surface area (Å²) in [4.78, 5) is 21.2. The van der Waals surface area contributed by atoms with Crippen LogP contribution in [0.1, 0.15) is 48.7 Å². The number of carbonyl (C=O) groups excluding carboxylic acids is 1. The van der Waals surface area contributed by atoms with Gasteiger partial charge in [0.05, 0.1) is 0 Å². The molecule has 2 aromatic rings. The van der Waals surface area contributed by atoms with E-state index in [0.717, 1.165) is 49.7 Å². The van der Waals surface area contributed by atoms with Crippen molar-refractivity contribution in [2.24, 2.45) is 4.99 Å². The third kappa shape index (κ3) is 7.71. The Morgan fingerprint density at radius 2 is 1.73 bits per heavy atom. The Balaban J connectivity index is 0.00000385. The van der Waals surface area contributed by atoms with Crippen molar-refractivity contribution in [1.82, 2.24) is 20.4 Å². The molecule has 7 heteroatoms. The maximum atomic E-state index is 12.5. The largest absolute Gasteiger partial charge is 0.352 e. The highest BCUT2D eigenvalue weighted by Gasteiger charge is 2.29. The summed E-state index contributed by atoms with van der Waals surface area (Å²) < 4.78 is 0. The quantitative estimate of drug-likeness (QED) is 0.289. The van der Waals surface area contributed by atoms with Gasteiger partial charge in [-0.25, -0.2) is 0 Å². The molecule has 33 heavy (non-hydrogen) atoms. The molecule has 2 atom stereocenters. The lowest BCUT2D eigenvalue weighted by Gasteiger charge is -2.21. The van der Waals surface area contributed by atoms with Gasteiger partial charge in [0.15, 0.2) is 5.96 Å². The number of halogens is 1. The zero-order valence-electron chi connectivity index (χ0n) is 20.3. The molecule has 0 saturated carbocycles. The van der Waals surface area contributed by atoms with Gasteiger partial charge in [-0.1, -0.05) is 42.5 Å². The van der Waals surface area contributed by atoms with Crippen LogP contribution in [0.2, 0.25) is 0 Å². The van der Waals surface area contributed by atoms with Crippen LogP contribution in [0.4, 0.5) is 0 Å². The van der Waals surface area contributed by atoms with E-state index in [1.54, 1.807) is 7.05 Å². The number of amides is 1. The molecule has 1 aliphatic heterocycles. The van der Waals surface area contributed by atoms with E-state index >= 15 is 0 Å². The summed E-state index contributed by atoms with van der Waals surface area (Å²) in [5.74, 6) is 0.898. The van der Waals surface area contributed by atoms with Gasteiger partial charge in [0.1, 0.15) is 0 Å². The topological polar surface area (TPSA) is 60.0 Å². The summed E-state index contributed by atoms with van der Waals surface area (Å²) in [6.45, 7) is 10.4. The Bertz CT molecular complexity index is 883. The summed E-state index contributed by atoms with van der Waals surface area (Å²) in [6.07, 6.45) is 1.09. The highest BCUT2D eigenvalue weighted by Crippen LogP contribution is 2.20. The molecule has 2 aromatic carbocycles. The number of hydrogen-bond acceptors (Lipinski definition) is 3. The van der Waals surface area contributed by atoms with E-state index in [1.165, 1.54) is 5.56 Å². The van der Waals surface area contributed by atoms with Gasteiger partial charge in [0.25, 0.3) is 5.91 Å². The maximum absolute atomic E-state index is 12.5. The van der Waals surface area contributed by atoms with Crippen LogP contribution in [0.25, 0.3) is 0 Å². The Morgan fingerprint density at radius 1 is 1.06 bits per heavy atom. The fourth-order valence-corrected chi connectivity index (χ4v) is 4.27. The molecule has 2 N–H and O–H groups in total. The number of benzene rings is 2. The van der Waals surface area contributed by atoms with Crippen molar-refractivity contribution in [3.8, 4) is 0 Å². The highest BCUT2D eigenvalue weighted by molar-refractivity contribution is 14.0. The summed E-state index contributed by atoms with van der Waals surface area (Å²) >= 11 is 0. The van der Waals surface area contributed by atoms with Gasteiger partial charge in [0.2, 0.25) is 0 Å². The van der Waals surface area contributed by atoms with Gasteiger partial charge in [-0.15, -0.1) is 24.0 Å². The van der Waals surface area contributed by atoms with Crippen LogP contribution in [0.5, 0.6) is 0 Å². The lowest BCUT2D eigenvalue weighted by atomic mass is 10.1. The molecule has 1 heterocycles. The molecule has 1 saturated heterocycles. The van der Waals surface area contributed by atoms with Crippen molar-refractivity contribution in [3.63, 3.8) is 0 Å². The molecule has 3 rings (SSSR count). The van der Waals surface area contributed by atoms with Crippen LogP contribution >= 0.6 is 24.0 Å². The number of rotatable bonds is 8. The van der Waals surface area contributed by atoms with Crippen molar-refractivity contribution >= 4 is 35.8 Å². The SMILES string of the molecule is CCN(CC)C(=O)c1ccc(CNC(=NC)NC2CC(C)N(Cc3ccccc3)C2)cc1.I. The first kappa shape index (κ1) is 27.1. The standard InChI is InChI=1S/C26H37N5O.HI/c1-5-30(6-2)25(32)23-14-12-21(13-15-23)17-28-26(27-4)29-24-16-20(3)31(19-24)18-22-10-8-7-9-11-22;/h7-15,20,24H,5-6,16-19H2,1-4H3,(H2,27,28,29);1H. The van der Waals surface area contributed by atoms with Crippen LogP contribution < -0.4 is 10.6 Å². The van der Waals surface area contributed by atoms with Gasteiger partial charge in [-0.05, 0) is 50.5 Å². The van der Waals surface area contributed by atoms with E-state index in [9.17, 15) is 4.79 Å². The fraction of sp³-hybridized carbons (Fsp3) is 0.462. The van der Waals surface area contributed by atoms with Crippen molar-refractivity contribution in [2.45, 2.75) is 52.4 Å². The Hall–Kier alpha value is -2.13. The van der Waals surface area contributed by atoms with Crippen molar-refractivity contribution < 1.29 is 4.79 Å². The lowest BCUT2D eigenvalue weighted by molar-refractivity contribution is 0.0773. The van der Waals surface area contributed by atoms with Crippen LogP contribution in [-0.4, -0.2) is 60.4 Å². The number of nitrogens with zero attached hydrogens (tertiary/aromatic N) is 3. The van der Waals surface area contributed by atoms with Crippen molar-refractivity contribution in [2.75, 3.05) is 26.7 Å². The van der Waals surface area contributed by atoms with Gasteiger partial charge in [0, 0.05) is 57.4 Å². The normalized spacial score (nSPS) is 18.5. The zero-order valence-corrected chi connectivity index (χ0v) is 22.6. The van der Waals surface area contributed by atoms with Crippen LogP contribution in [0.3, 0.4) is 0 Å². The van der Waals surface area contributed by atoms with Crippen molar-refractivity contribution in [1.29, 1.82) is 0 Å². The third-order valence-corrected chi connectivity index (χ3v) is 6.21. The smallest absolute Gasteiger partial charge is 0.253 e. The van der Waals surface area contributed by atoms with Gasteiger partial charge in [-0.3, -0.25) is 14.7 Å². The minimum atomic E-state index is 0. The maximum Gasteiger partial charge on any atom is 0.253 e. The summed E-state index contributed by atoms with van der Waals surface area (Å²) in [6, 6.07) is 19.4. The van der Waals surface area contributed by atoms with E-state index in [1.807, 2.05) is 43.0 Å². The first-order chi connectivity index (χ1) is 15.5. The first-order valence-corrected chi connectivity index (χ1v) is 11.7. The van der Waals surface area contributed by atoms with E-state index < -0.39 is 0 Å². The summed E-state index contributed by atoms with van der Waals surface area (Å²) in [5.41, 5.74) is 3.21. The summed E-state index contributed by atoms with van der Waals surface area (Å²) in [7, 11) is 1.81. The van der Waals surface area contributed by atoms with Crippen molar-refractivity contribution in [3.05, 3.63) is 71.3 Å². The predicted molar refractivity (Wildman–Crippen MR) is 147 cm³/mol. The van der Waals surface area contributed by atoms with Gasteiger partial charge >= 0.3 is 0 Å². The van der Waals surface area contributed by atoms with Crippen LogP contribution in [0, 0.1) is 0 Å². The Morgan fingerprint density at radius 3 is 2.33 bits per heavy atom. The van der Waals surface area contributed by atoms with E-state index in [2.05, 4.69) is 57.8 Å². The third-order valence-electron chi connectivity index (χ3n) is 6.21. The molecule has 1 fully saturated rings. The minimum absolute atomic E-state index is 0. The molecule has 2 unspecified atom stereocenters. The second kappa shape index (κ2) is 13.5. The monoisotopic (exact) mass is 563 g/mol. The molecule has 180 valence electrons. The molecule has 0 radical (unpaired) electrons. The number of hydrogen-bond donors (Lipinski definition) is 2. The molecule has 1 amide bonds. The number of nitrogens with one attached hydrogen (secondary N) is 2. The number of aliphatic imine (C=N–C) groups is 1. The zero-order chi connectivity index (χ0) is 22.9. The molecular formula is C26H38IN5O. The number of guanidine groups is 1. The predicted octanol–water partition coefficient (Wildman–Crippen LogP) is 4.11. The lowest BCUT2D eigenvalue weighted by Crippen LogP contribution is -2.44. The van der Waals surface area contributed by atoms with E-state index in [-0.39, 0.29) is 29.9 Å². The van der Waals surface area contributed by atoms with E-state index in [4.69, 9.17) is 0 Å². The Labute approximate surface area is 215 Å².